The van der Waals surface area contributed by atoms with Gasteiger partial charge in [-0.3, -0.25) is 4.79 Å². The lowest BCUT2D eigenvalue weighted by Crippen LogP contribution is -2.32. The lowest BCUT2D eigenvalue weighted by atomic mass is 9.95. The molecule has 29 heavy (non-hydrogen) atoms. The molecule has 0 aliphatic carbocycles. The first-order chi connectivity index (χ1) is 14.0. The topological polar surface area (TPSA) is 88.7 Å². The van der Waals surface area contributed by atoms with Gasteiger partial charge in [0.1, 0.15) is 5.75 Å². The second-order valence-electron chi connectivity index (χ2n) is 6.89. The minimum atomic E-state index is -0.820. The Labute approximate surface area is 169 Å². The summed E-state index contributed by atoms with van der Waals surface area (Å²) in [5, 5.41) is 18.5. The van der Waals surface area contributed by atoms with E-state index >= 15 is 0 Å². The Morgan fingerprint density at radius 3 is 2.52 bits per heavy atom. The van der Waals surface area contributed by atoms with Gasteiger partial charge >= 0.3 is 0 Å². The number of hydrogen-bond acceptors (Lipinski definition) is 6. The molecule has 2 atom stereocenters. The molecule has 2 aromatic carbocycles. The van der Waals surface area contributed by atoms with Crippen molar-refractivity contribution in [3.8, 4) is 5.75 Å². The van der Waals surface area contributed by atoms with E-state index in [1.165, 1.54) is 4.90 Å². The van der Waals surface area contributed by atoms with Crippen molar-refractivity contribution < 1.29 is 19.1 Å². The molecule has 152 valence electrons. The van der Waals surface area contributed by atoms with Crippen LogP contribution in [0.5, 0.6) is 5.75 Å². The van der Waals surface area contributed by atoms with E-state index in [-0.39, 0.29) is 24.8 Å². The third-order valence-corrected chi connectivity index (χ3v) is 4.77. The van der Waals surface area contributed by atoms with E-state index in [2.05, 4.69) is 10.2 Å². The highest BCUT2D eigenvalue weighted by atomic mass is 16.5. The predicted octanol–water partition coefficient (Wildman–Crippen LogP) is 3.10. The molecule has 3 aromatic rings. The molecule has 0 fully saturated rings. The summed E-state index contributed by atoms with van der Waals surface area (Å²) in [5.41, 5.74) is 1.61. The highest BCUT2D eigenvalue weighted by Gasteiger charge is 2.26. The minimum absolute atomic E-state index is 0.128. The molecule has 1 amide bonds. The van der Waals surface area contributed by atoms with Crippen molar-refractivity contribution in [1.29, 1.82) is 0 Å². The van der Waals surface area contributed by atoms with Crippen molar-refractivity contribution in [2.75, 3.05) is 20.7 Å². The number of aliphatic hydroxyl groups is 1. The molecule has 0 radical (unpaired) electrons. The first-order valence-corrected chi connectivity index (χ1v) is 9.39. The molecule has 7 heteroatoms. The molecule has 0 bridgehead atoms. The van der Waals surface area contributed by atoms with Crippen LogP contribution >= 0.6 is 0 Å². The number of hydrogen-bond donors (Lipinski definition) is 1. The summed E-state index contributed by atoms with van der Waals surface area (Å²) >= 11 is 0. The maximum Gasteiger partial charge on any atom is 0.224 e. The smallest absolute Gasteiger partial charge is 0.224 e. The van der Waals surface area contributed by atoms with Crippen molar-refractivity contribution in [2.24, 2.45) is 0 Å². The standard InChI is InChI=1S/C22H25N3O4/c1-15-23-24-22(29-15)19(16-8-5-4-6-9-16)13-21(27)25(2)14-20(26)17-10-7-11-18(12-17)28-3/h4-12,19-20,26H,13-14H2,1-3H3. The Morgan fingerprint density at radius 1 is 1.14 bits per heavy atom. The van der Waals surface area contributed by atoms with Gasteiger partial charge in [0, 0.05) is 20.4 Å². The van der Waals surface area contributed by atoms with Crippen molar-refractivity contribution in [1.82, 2.24) is 15.1 Å². The summed E-state index contributed by atoms with van der Waals surface area (Å²) in [6.45, 7) is 1.88. The van der Waals surface area contributed by atoms with E-state index in [0.29, 0.717) is 23.1 Å². The number of methoxy groups -OCH3 is 1. The van der Waals surface area contributed by atoms with E-state index in [9.17, 15) is 9.90 Å². The van der Waals surface area contributed by atoms with Crippen LogP contribution < -0.4 is 4.74 Å². The quantitative estimate of drug-likeness (QED) is 0.630. The molecule has 0 spiro atoms. The Morgan fingerprint density at radius 2 is 1.86 bits per heavy atom. The van der Waals surface area contributed by atoms with E-state index < -0.39 is 6.10 Å². The van der Waals surface area contributed by atoms with Crippen LogP contribution in [0.4, 0.5) is 0 Å². The van der Waals surface area contributed by atoms with Crippen molar-refractivity contribution in [3.05, 3.63) is 77.5 Å². The van der Waals surface area contributed by atoms with E-state index in [4.69, 9.17) is 9.15 Å². The highest BCUT2D eigenvalue weighted by molar-refractivity contribution is 5.77. The van der Waals surface area contributed by atoms with Gasteiger partial charge in [-0.25, -0.2) is 0 Å². The third kappa shape index (κ3) is 5.20. The van der Waals surface area contributed by atoms with Gasteiger partial charge in [-0.15, -0.1) is 10.2 Å². The van der Waals surface area contributed by atoms with E-state index in [1.54, 1.807) is 33.2 Å². The van der Waals surface area contributed by atoms with Crippen LogP contribution in [0.2, 0.25) is 0 Å². The fourth-order valence-electron chi connectivity index (χ4n) is 3.13. The molecule has 0 saturated carbocycles. The Kier molecular flexibility index (Phi) is 6.61. The number of aliphatic hydroxyl groups excluding tert-OH is 1. The first kappa shape index (κ1) is 20.5. The summed E-state index contributed by atoms with van der Waals surface area (Å²) < 4.78 is 10.8. The highest BCUT2D eigenvalue weighted by Crippen LogP contribution is 2.28. The molecular weight excluding hydrogens is 370 g/mol. The van der Waals surface area contributed by atoms with Crippen molar-refractivity contribution in [3.63, 3.8) is 0 Å². The normalized spacial score (nSPS) is 13.0. The maximum absolute atomic E-state index is 12.9. The van der Waals surface area contributed by atoms with Gasteiger partial charge in [0.2, 0.25) is 17.7 Å². The largest absolute Gasteiger partial charge is 0.497 e. The summed E-state index contributed by atoms with van der Waals surface area (Å²) in [5.74, 6) is 1.04. The minimum Gasteiger partial charge on any atom is -0.497 e. The van der Waals surface area contributed by atoms with Crippen LogP contribution in [0.1, 0.15) is 41.4 Å². The molecule has 1 heterocycles. The summed E-state index contributed by atoms with van der Waals surface area (Å²) in [6.07, 6.45) is -0.660. The van der Waals surface area contributed by atoms with Gasteiger partial charge in [-0.1, -0.05) is 42.5 Å². The zero-order valence-electron chi connectivity index (χ0n) is 16.8. The molecule has 1 N–H and O–H groups in total. The molecular formula is C22H25N3O4. The number of aryl methyl sites for hydroxylation is 1. The molecule has 7 nitrogen and oxygen atoms in total. The van der Waals surface area contributed by atoms with Gasteiger partial charge in [-0.2, -0.15) is 0 Å². The molecule has 2 unspecified atom stereocenters. The fraction of sp³-hybridized carbons (Fsp3) is 0.318. The fourth-order valence-corrected chi connectivity index (χ4v) is 3.13. The average Bonchev–Trinajstić information content (AvgIpc) is 3.18. The molecule has 0 aliphatic rings. The van der Waals surface area contributed by atoms with E-state index in [1.807, 2.05) is 42.5 Å². The average molecular weight is 395 g/mol. The number of ether oxygens (including phenoxy) is 1. The number of benzene rings is 2. The Hall–Kier alpha value is -3.19. The molecule has 0 saturated heterocycles. The first-order valence-electron chi connectivity index (χ1n) is 9.39. The molecule has 3 rings (SSSR count). The summed E-state index contributed by atoms with van der Waals surface area (Å²) in [6, 6.07) is 16.8. The van der Waals surface area contributed by atoms with E-state index in [0.717, 1.165) is 5.56 Å². The lowest BCUT2D eigenvalue weighted by Gasteiger charge is -2.23. The number of carbonyl (C=O) groups excluding carboxylic acids is 1. The monoisotopic (exact) mass is 395 g/mol. The van der Waals surface area contributed by atoms with Gasteiger partial charge in [0.15, 0.2) is 0 Å². The lowest BCUT2D eigenvalue weighted by molar-refractivity contribution is -0.131. The molecule has 1 aromatic heterocycles. The van der Waals surface area contributed by atoms with Crippen LogP contribution in [0.3, 0.4) is 0 Å². The van der Waals surface area contributed by atoms with Crippen molar-refractivity contribution in [2.45, 2.75) is 25.4 Å². The Balaban J connectivity index is 1.71. The Bertz CT molecular complexity index is 942. The maximum atomic E-state index is 12.9. The second-order valence-corrected chi connectivity index (χ2v) is 6.89. The van der Waals surface area contributed by atoms with Crippen molar-refractivity contribution >= 4 is 5.91 Å². The number of carbonyl (C=O) groups is 1. The number of amides is 1. The third-order valence-electron chi connectivity index (χ3n) is 4.77. The number of aromatic nitrogens is 2. The van der Waals surface area contributed by atoms with Crippen LogP contribution in [-0.2, 0) is 4.79 Å². The van der Waals surface area contributed by atoms with Crippen LogP contribution in [-0.4, -0.2) is 46.8 Å². The number of rotatable bonds is 8. The zero-order valence-corrected chi connectivity index (χ0v) is 16.8. The summed E-state index contributed by atoms with van der Waals surface area (Å²) in [4.78, 5) is 14.4. The van der Waals surface area contributed by atoms with Gasteiger partial charge in [0.25, 0.3) is 0 Å². The molecule has 0 aliphatic heterocycles. The van der Waals surface area contributed by atoms with Crippen LogP contribution in [0.15, 0.2) is 59.0 Å². The SMILES string of the molecule is COc1cccc(C(O)CN(C)C(=O)CC(c2ccccc2)c2nnc(C)o2)c1. The van der Waals surface area contributed by atoms with Crippen LogP contribution in [0.25, 0.3) is 0 Å². The van der Waals surface area contributed by atoms with Gasteiger partial charge in [-0.05, 0) is 23.3 Å². The summed E-state index contributed by atoms with van der Waals surface area (Å²) in [7, 11) is 3.25. The predicted molar refractivity (Wildman–Crippen MR) is 108 cm³/mol. The zero-order chi connectivity index (χ0) is 20.8. The number of nitrogens with zero attached hydrogens (tertiary/aromatic N) is 3. The second kappa shape index (κ2) is 9.34. The van der Waals surface area contributed by atoms with Gasteiger partial charge in [0.05, 0.1) is 25.7 Å². The van der Waals surface area contributed by atoms with Crippen LogP contribution in [0, 0.1) is 6.92 Å². The van der Waals surface area contributed by atoms with Gasteiger partial charge < -0.3 is 19.2 Å². The number of likely N-dealkylation sites (N-methyl/N-ethyl adjacent to an activating group) is 1.